The van der Waals surface area contributed by atoms with Gasteiger partial charge < -0.3 is 19.7 Å². The molecule has 3 aromatic carbocycles. The molecule has 1 aliphatic carbocycles. The zero-order valence-electron chi connectivity index (χ0n) is 22.8. The van der Waals surface area contributed by atoms with Crippen molar-refractivity contribution < 1.29 is 28.9 Å². The first-order chi connectivity index (χ1) is 18.6. The normalized spacial score (nSPS) is 14.9. The lowest BCUT2D eigenvalue weighted by molar-refractivity contribution is -0.137. The second-order valence-electron chi connectivity index (χ2n) is 11.0. The van der Waals surface area contributed by atoms with Gasteiger partial charge in [0.2, 0.25) is 0 Å². The maximum absolute atomic E-state index is 14.9. The van der Waals surface area contributed by atoms with Crippen LogP contribution in [0.25, 0.3) is 11.1 Å². The van der Waals surface area contributed by atoms with Crippen LogP contribution in [0.1, 0.15) is 68.2 Å². The summed E-state index contributed by atoms with van der Waals surface area (Å²) in [5.74, 6) is 0.520. The van der Waals surface area contributed by atoms with E-state index in [1.807, 2.05) is 50.2 Å². The van der Waals surface area contributed by atoms with Crippen LogP contribution in [-0.2, 0) is 11.4 Å². The molecule has 0 saturated heterocycles. The fourth-order valence-electron chi connectivity index (χ4n) is 4.85. The van der Waals surface area contributed by atoms with Crippen LogP contribution >= 0.6 is 0 Å². The van der Waals surface area contributed by atoms with Crippen LogP contribution < -0.4 is 9.47 Å². The van der Waals surface area contributed by atoms with Crippen LogP contribution in [0.5, 0.6) is 11.5 Å². The second-order valence-corrected chi connectivity index (χ2v) is 11.0. The first-order valence-corrected chi connectivity index (χ1v) is 13.3. The Morgan fingerprint density at radius 3 is 2.54 bits per heavy atom. The van der Waals surface area contributed by atoms with Crippen molar-refractivity contribution in [2.75, 3.05) is 7.11 Å². The van der Waals surface area contributed by atoms with Crippen LogP contribution in [0, 0.1) is 17.2 Å². The molecule has 2 N–H and O–H groups in total. The fraction of sp³-hybridized carbons (Fsp3) is 0.364. The van der Waals surface area contributed by atoms with Gasteiger partial charge in [-0.05, 0) is 76.9 Å². The molecule has 0 aromatic heterocycles. The molecule has 1 fully saturated rings. The van der Waals surface area contributed by atoms with Gasteiger partial charge in [0.1, 0.15) is 23.9 Å². The average molecular weight is 533 g/mol. The highest BCUT2D eigenvalue weighted by atomic mass is 19.1. The van der Waals surface area contributed by atoms with E-state index >= 15 is 0 Å². The number of halogens is 1. The van der Waals surface area contributed by atoms with Crippen molar-refractivity contribution in [3.8, 4) is 22.6 Å². The summed E-state index contributed by atoms with van der Waals surface area (Å²) in [6.07, 6.45) is 4.05. The van der Waals surface area contributed by atoms with Crippen LogP contribution in [0.4, 0.5) is 4.39 Å². The molecule has 4 rings (SSSR count). The zero-order valence-corrected chi connectivity index (χ0v) is 22.8. The second kappa shape index (κ2) is 12.0. The average Bonchev–Trinajstić information content (AvgIpc) is 3.75. The lowest BCUT2D eigenvalue weighted by Gasteiger charge is -2.29. The number of carboxylic acids is 1. The van der Waals surface area contributed by atoms with Crippen LogP contribution in [0.15, 0.2) is 73.3 Å². The lowest BCUT2D eigenvalue weighted by atomic mass is 9.79. The molecule has 1 saturated carbocycles. The van der Waals surface area contributed by atoms with Gasteiger partial charge in [-0.2, -0.15) is 0 Å². The third-order valence-electron chi connectivity index (χ3n) is 7.58. The Bertz CT molecular complexity index is 1330. The molecular formula is C33H37FO5. The van der Waals surface area contributed by atoms with Crippen molar-refractivity contribution in [2.45, 2.75) is 58.2 Å². The van der Waals surface area contributed by atoms with E-state index in [9.17, 15) is 19.4 Å². The summed E-state index contributed by atoms with van der Waals surface area (Å²) in [7, 11) is 1.53. The number of carboxylic acid groups (broad SMARTS) is 1. The highest BCUT2D eigenvalue weighted by molar-refractivity contribution is 5.71. The number of aliphatic carboxylic acids is 1. The van der Waals surface area contributed by atoms with Crippen molar-refractivity contribution in [1.29, 1.82) is 0 Å². The van der Waals surface area contributed by atoms with E-state index in [0.717, 1.165) is 17.5 Å². The molecule has 0 heterocycles. The number of hydrogen-bond donors (Lipinski definition) is 2. The number of methoxy groups -OCH3 is 1. The quantitative estimate of drug-likeness (QED) is 0.221. The van der Waals surface area contributed by atoms with Gasteiger partial charge in [-0.1, -0.05) is 57.0 Å². The minimum absolute atomic E-state index is 0.0431. The van der Waals surface area contributed by atoms with Gasteiger partial charge in [-0.15, -0.1) is 6.58 Å². The largest absolute Gasteiger partial charge is 0.497 e. The predicted molar refractivity (Wildman–Crippen MR) is 150 cm³/mol. The predicted octanol–water partition coefficient (Wildman–Crippen LogP) is 7.68. The third kappa shape index (κ3) is 7.07. The van der Waals surface area contributed by atoms with Crippen molar-refractivity contribution in [3.63, 3.8) is 0 Å². The number of ether oxygens (including phenoxy) is 2. The van der Waals surface area contributed by atoms with Gasteiger partial charge in [0.05, 0.1) is 19.6 Å². The smallest absolute Gasteiger partial charge is 0.303 e. The Morgan fingerprint density at radius 1 is 1.10 bits per heavy atom. The molecule has 0 aliphatic heterocycles. The summed E-state index contributed by atoms with van der Waals surface area (Å²) in [4.78, 5) is 11.5. The summed E-state index contributed by atoms with van der Waals surface area (Å²) < 4.78 is 26.4. The number of aliphatic hydroxyl groups excluding tert-OH is 1. The Balaban J connectivity index is 1.62. The molecule has 0 amide bonds. The standard InChI is InChI=1S/C33H37FO5/c1-5-33(2,3)32(37)29-16-22(11-13-27(29)28-19-25(38-4)12-14-30(28)34)20-39-26-8-6-7-23(17-26)24(18-31(35)36)15-21-9-10-21/h5-8,11-14,16-17,19,21,24,32,37H,1,9-10,15,18,20H2,2-4H3,(H,35,36)/t24-,32+/m1/s1. The van der Waals surface area contributed by atoms with E-state index in [2.05, 4.69) is 6.58 Å². The summed E-state index contributed by atoms with van der Waals surface area (Å²) >= 11 is 0. The summed E-state index contributed by atoms with van der Waals surface area (Å²) in [6.45, 7) is 7.85. The monoisotopic (exact) mass is 532 g/mol. The maximum Gasteiger partial charge on any atom is 0.303 e. The van der Waals surface area contributed by atoms with E-state index in [1.165, 1.54) is 26.0 Å². The van der Waals surface area contributed by atoms with Gasteiger partial charge in [-0.3, -0.25) is 4.79 Å². The molecule has 0 unspecified atom stereocenters. The number of carbonyl (C=O) groups is 1. The molecule has 0 bridgehead atoms. The van der Waals surface area contributed by atoms with Crippen molar-refractivity contribution in [1.82, 2.24) is 0 Å². The van der Waals surface area contributed by atoms with Crippen LogP contribution in [0.3, 0.4) is 0 Å². The topological polar surface area (TPSA) is 76.0 Å². The molecule has 0 radical (unpaired) electrons. The third-order valence-corrected chi connectivity index (χ3v) is 7.58. The number of aliphatic hydroxyl groups is 1. The summed E-state index contributed by atoms with van der Waals surface area (Å²) in [6, 6.07) is 17.7. The minimum Gasteiger partial charge on any atom is -0.497 e. The Kier molecular flexibility index (Phi) is 8.76. The van der Waals surface area contributed by atoms with E-state index in [1.54, 1.807) is 24.3 Å². The van der Waals surface area contributed by atoms with Gasteiger partial charge >= 0.3 is 5.97 Å². The molecule has 0 spiro atoms. The minimum atomic E-state index is -0.946. The molecule has 5 nitrogen and oxygen atoms in total. The SMILES string of the molecule is C=CC(C)(C)[C@@H](O)c1cc(COc2cccc([C@@H](CC(=O)O)CC3CC3)c2)ccc1-c1cc(OC)ccc1F. The van der Waals surface area contributed by atoms with E-state index in [4.69, 9.17) is 9.47 Å². The highest BCUT2D eigenvalue weighted by Gasteiger charge is 2.30. The number of hydrogen-bond acceptors (Lipinski definition) is 4. The van der Waals surface area contributed by atoms with E-state index in [0.29, 0.717) is 34.1 Å². The van der Waals surface area contributed by atoms with Crippen molar-refractivity contribution >= 4 is 5.97 Å². The summed E-state index contributed by atoms with van der Waals surface area (Å²) in [5.41, 5.74) is 2.57. The van der Waals surface area contributed by atoms with Crippen molar-refractivity contribution in [3.05, 3.63) is 95.8 Å². The lowest BCUT2D eigenvalue weighted by Crippen LogP contribution is -2.20. The Labute approximate surface area is 229 Å². The Morgan fingerprint density at radius 2 is 1.87 bits per heavy atom. The van der Waals surface area contributed by atoms with Gasteiger partial charge in [-0.25, -0.2) is 4.39 Å². The van der Waals surface area contributed by atoms with Gasteiger partial charge in [0.25, 0.3) is 0 Å². The summed E-state index contributed by atoms with van der Waals surface area (Å²) in [5, 5.41) is 20.8. The first kappa shape index (κ1) is 28.4. The van der Waals surface area contributed by atoms with E-state index < -0.39 is 23.3 Å². The molecular weight excluding hydrogens is 495 g/mol. The number of benzene rings is 3. The van der Waals surface area contributed by atoms with Crippen molar-refractivity contribution in [2.24, 2.45) is 11.3 Å². The van der Waals surface area contributed by atoms with Gasteiger partial charge in [0.15, 0.2) is 0 Å². The van der Waals surface area contributed by atoms with Crippen LogP contribution in [0.2, 0.25) is 0 Å². The molecule has 39 heavy (non-hydrogen) atoms. The zero-order chi connectivity index (χ0) is 28.2. The highest BCUT2D eigenvalue weighted by Crippen LogP contribution is 2.42. The number of rotatable bonds is 13. The Hall–Kier alpha value is -3.64. The van der Waals surface area contributed by atoms with E-state index in [-0.39, 0.29) is 18.9 Å². The molecule has 3 aromatic rings. The first-order valence-electron chi connectivity index (χ1n) is 13.3. The molecule has 206 valence electrons. The molecule has 6 heteroatoms. The van der Waals surface area contributed by atoms with Crippen LogP contribution in [-0.4, -0.2) is 23.3 Å². The maximum atomic E-state index is 14.9. The van der Waals surface area contributed by atoms with Gasteiger partial charge in [0, 0.05) is 11.0 Å². The molecule has 2 atom stereocenters. The molecule has 1 aliphatic rings. The fourth-order valence-corrected chi connectivity index (χ4v) is 4.85.